The van der Waals surface area contributed by atoms with Crippen LogP contribution in [0.3, 0.4) is 0 Å². The fourth-order valence-corrected chi connectivity index (χ4v) is 3.02. The lowest BCUT2D eigenvalue weighted by Crippen LogP contribution is -2.23. The van der Waals surface area contributed by atoms with E-state index in [2.05, 4.69) is 37.0 Å². The first-order chi connectivity index (χ1) is 11.0. The maximum absolute atomic E-state index is 12.6. The summed E-state index contributed by atoms with van der Waals surface area (Å²) in [5, 5.41) is 1.54. The van der Waals surface area contributed by atoms with E-state index in [1.165, 1.54) is 5.56 Å². The molecule has 0 radical (unpaired) electrons. The summed E-state index contributed by atoms with van der Waals surface area (Å²) in [6.45, 7) is 6.29. The van der Waals surface area contributed by atoms with E-state index in [4.69, 9.17) is 11.6 Å². The zero-order chi connectivity index (χ0) is 16.6. The van der Waals surface area contributed by atoms with Gasteiger partial charge in [-0.1, -0.05) is 56.6 Å². The summed E-state index contributed by atoms with van der Waals surface area (Å²) in [4.78, 5) is 16.9. The van der Waals surface area contributed by atoms with Crippen LogP contribution < -0.4 is 5.69 Å². The first-order valence-electron chi connectivity index (χ1n) is 7.83. The molecule has 2 aromatic carbocycles. The van der Waals surface area contributed by atoms with Crippen molar-refractivity contribution in [1.29, 1.82) is 0 Å². The van der Waals surface area contributed by atoms with Gasteiger partial charge in [0.2, 0.25) is 0 Å². The van der Waals surface area contributed by atoms with Gasteiger partial charge in [0.1, 0.15) is 0 Å². The second kappa shape index (κ2) is 6.17. The monoisotopic (exact) mass is 326 g/mol. The van der Waals surface area contributed by atoms with Gasteiger partial charge in [0.25, 0.3) is 0 Å². The SMILES string of the molecule is CCc1nc(=O)n(-c2ccccc2Cl)c2cc(C(C)C)ccc12. The second-order valence-electron chi connectivity index (χ2n) is 5.91. The number of benzene rings is 2. The van der Waals surface area contributed by atoms with E-state index in [0.717, 1.165) is 23.0 Å². The highest BCUT2D eigenvalue weighted by molar-refractivity contribution is 6.32. The number of rotatable bonds is 3. The van der Waals surface area contributed by atoms with Crippen molar-refractivity contribution in [3.8, 4) is 5.69 Å². The lowest BCUT2D eigenvalue weighted by atomic mass is 10.0. The Bertz CT molecular complexity index is 928. The zero-order valence-corrected chi connectivity index (χ0v) is 14.3. The molecule has 1 aromatic heterocycles. The molecule has 0 amide bonds. The Balaban J connectivity index is 2.45. The van der Waals surface area contributed by atoms with Crippen molar-refractivity contribution in [1.82, 2.24) is 9.55 Å². The number of para-hydroxylation sites is 1. The van der Waals surface area contributed by atoms with Crippen LogP contribution in [0.1, 0.15) is 37.9 Å². The number of fused-ring (bicyclic) bond motifs is 1. The van der Waals surface area contributed by atoms with Crippen molar-refractivity contribution >= 4 is 22.5 Å². The molecular weight excluding hydrogens is 308 g/mol. The molecule has 0 aliphatic heterocycles. The van der Waals surface area contributed by atoms with Gasteiger partial charge in [0.05, 0.1) is 21.9 Å². The summed E-state index contributed by atoms with van der Waals surface area (Å²) >= 11 is 6.32. The summed E-state index contributed by atoms with van der Waals surface area (Å²) in [6.07, 6.45) is 0.718. The predicted octanol–water partition coefficient (Wildman–Crippen LogP) is 4.72. The Hall–Kier alpha value is -2.13. The molecule has 0 saturated heterocycles. The topological polar surface area (TPSA) is 34.9 Å². The maximum atomic E-state index is 12.6. The quantitative estimate of drug-likeness (QED) is 0.697. The number of hydrogen-bond donors (Lipinski definition) is 0. The molecule has 0 bridgehead atoms. The highest BCUT2D eigenvalue weighted by atomic mass is 35.5. The summed E-state index contributed by atoms with van der Waals surface area (Å²) in [5.41, 5.74) is 3.25. The van der Waals surface area contributed by atoms with Gasteiger partial charge in [-0.3, -0.25) is 4.57 Å². The van der Waals surface area contributed by atoms with Gasteiger partial charge >= 0.3 is 5.69 Å². The molecule has 0 atom stereocenters. The van der Waals surface area contributed by atoms with Crippen molar-refractivity contribution < 1.29 is 0 Å². The number of halogens is 1. The van der Waals surface area contributed by atoms with Crippen LogP contribution in [0.2, 0.25) is 5.02 Å². The van der Waals surface area contributed by atoms with Gasteiger partial charge in [0.15, 0.2) is 0 Å². The van der Waals surface area contributed by atoms with Gasteiger partial charge < -0.3 is 0 Å². The fourth-order valence-electron chi connectivity index (χ4n) is 2.80. The molecule has 0 N–H and O–H groups in total. The highest BCUT2D eigenvalue weighted by Crippen LogP contribution is 2.26. The zero-order valence-electron chi connectivity index (χ0n) is 13.5. The molecule has 118 valence electrons. The van der Waals surface area contributed by atoms with E-state index in [0.29, 0.717) is 16.6 Å². The normalized spacial score (nSPS) is 11.3. The number of hydrogen-bond acceptors (Lipinski definition) is 2. The molecule has 0 aliphatic carbocycles. The Morgan fingerprint density at radius 1 is 1.17 bits per heavy atom. The average molecular weight is 327 g/mol. The van der Waals surface area contributed by atoms with Crippen LogP contribution in [0.5, 0.6) is 0 Å². The van der Waals surface area contributed by atoms with E-state index in [1.807, 2.05) is 25.1 Å². The number of aryl methyl sites for hydroxylation is 1. The smallest absolute Gasteiger partial charge is 0.259 e. The number of aromatic nitrogens is 2. The molecule has 0 saturated carbocycles. The van der Waals surface area contributed by atoms with Crippen molar-refractivity contribution in [2.75, 3.05) is 0 Å². The Labute approximate surface area is 140 Å². The predicted molar refractivity (Wildman–Crippen MR) is 95.8 cm³/mol. The molecule has 23 heavy (non-hydrogen) atoms. The van der Waals surface area contributed by atoms with Crippen molar-refractivity contribution in [2.45, 2.75) is 33.1 Å². The second-order valence-corrected chi connectivity index (χ2v) is 6.32. The molecule has 1 heterocycles. The fraction of sp³-hybridized carbons (Fsp3) is 0.263. The largest absolute Gasteiger partial charge is 0.352 e. The van der Waals surface area contributed by atoms with Crippen LogP contribution >= 0.6 is 11.6 Å². The first kappa shape index (κ1) is 15.8. The first-order valence-corrected chi connectivity index (χ1v) is 8.21. The minimum Gasteiger partial charge on any atom is -0.259 e. The highest BCUT2D eigenvalue weighted by Gasteiger charge is 2.14. The molecule has 3 rings (SSSR count). The number of nitrogens with zero attached hydrogens (tertiary/aromatic N) is 2. The molecule has 0 aliphatic rings. The molecule has 4 heteroatoms. The van der Waals surface area contributed by atoms with Crippen LogP contribution in [0, 0.1) is 0 Å². The van der Waals surface area contributed by atoms with Gasteiger partial charge in [-0.05, 0) is 36.1 Å². The van der Waals surface area contributed by atoms with Gasteiger partial charge in [-0.15, -0.1) is 0 Å². The average Bonchev–Trinajstić information content (AvgIpc) is 2.54. The van der Waals surface area contributed by atoms with Crippen LogP contribution in [0.15, 0.2) is 47.3 Å². The minimum absolute atomic E-state index is 0.289. The summed E-state index contributed by atoms with van der Waals surface area (Å²) in [7, 11) is 0. The summed E-state index contributed by atoms with van der Waals surface area (Å²) < 4.78 is 1.61. The molecule has 0 spiro atoms. The summed E-state index contributed by atoms with van der Waals surface area (Å²) in [6, 6.07) is 13.6. The van der Waals surface area contributed by atoms with Crippen molar-refractivity contribution in [3.63, 3.8) is 0 Å². The third-order valence-electron chi connectivity index (χ3n) is 4.09. The molecule has 0 fully saturated rings. The molecule has 0 unspecified atom stereocenters. The lowest BCUT2D eigenvalue weighted by Gasteiger charge is -2.15. The standard InChI is InChI=1S/C19H19ClN2O/c1-4-16-14-10-9-13(12(2)3)11-18(14)22(19(23)21-16)17-8-6-5-7-15(17)20/h5-12H,4H2,1-3H3. The van der Waals surface area contributed by atoms with Crippen LogP contribution in [-0.4, -0.2) is 9.55 Å². The molecular formula is C19H19ClN2O. The Morgan fingerprint density at radius 3 is 2.57 bits per heavy atom. The van der Waals surface area contributed by atoms with Crippen LogP contribution in [0.4, 0.5) is 0 Å². The van der Waals surface area contributed by atoms with Gasteiger partial charge in [-0.2, -0.15) is 4.98 Å². The van der Waals surface area contributed by atoms with E-state index in [-0.39, 0.29) is 5.69 Å². The van der Waals surface area contributed by atoms with E-state index >= 15 is 0 Å². The van der Waals surface area contributed by atoms with Gasteiger partial charge in [-0.25, -0.2) is 4.79 Å². The van der Waals surface area contributed by atoms with Crippen molar-refractivity contribution in [2.24, 2.45) is 0 Å². The summed E-state index contributed by atoms with van der Waals surface area (Å²) in [5.74, 6) is 0.382. The minimum atomic E-state index is -0.289. The maximum Gasteiger partial charge on any atom is 0.352 e. The lowest BCUT2D eigenvalue weighted by molar-refractivity contribution is 0.861. The molecule has 3 aromatic rings. The van der Waals surface area contributed by atoms with E-state index in [9.17, 15) is 4.79 Å². The Kier molecular flexibility index (Phi) is 4.22. The van der Waals surface area contributed by atoms with E-state index < -0.39 is 0 Å². The van der Waals surface area contributed by atoms with Crippen LogP contribution in [-0.2, 0) is 6.42 Å². The van der Waals surface area contributed by atoms with Crippen molar-refractivity contribution in [3.05, 3.63) is 69.2 Å². The van der Waals surface area contributed by atoms with E-state index in [1.54, 1.807) is 10.6 Å². The molecule has 3 nitrogen and oxygen atoms in total. The van der Waals surface area contributed by atoms with Gasteiger partial charge in [0, 0.05) is 5.39 Å². The third kappa shape index (κ3) is 2.77. The Morgan fingerprint density at radius 2 is 1.91 bits per heavy atom. The van der Waals surface area contributed by atoms with Crippen LogP contribution in [0.25, 0.3) is 16.6 Å². The third-order valence-corrected chi connectivity index (χ3v) is 4.41.